The maximum absolute atomic E-state index is 6.55. The van der Waals surface area contributed by atoms with E-state index < -0.39 is 0 Å². The summed E-state index contributed by atoms with van der Waals surface area (Å²) >= 11 is 0. The van der Waals surface area contributed by atoms with Gasteiger partial charge in [-0.25, -0.2) is 0 Å². The predicted molar refractivity (Wildman–Crippen MR) is 117 cm³/mol. The molecule has 0 bridgehead atoms. The highest BCUT2D eigenvalue weighted by Gasteiger charge is 2.47. The van der Waals surface area contributed by atoms with Gasteiger partial charge in [0.25, 0.3) is 6.73 Å². The van der Waals surface area contributed by atoms with Gasteiger partial charge < -0.3 is 4.74 Å². The average molecular weight is 374 g/mol. The van der Waals surface area contributed by atoms with Gasteiger partial charge >= 0.3 is 0 Å². The maximum atomic E-state index is 6.55. The third-order valence-electron chi connectivity index (χ3n) is 6.96. The largest absolute Gasteiger partial charge is 0.434 e. The van der Waals surface area contributed by atoms with E-state index in [2.05, 4.69) is 91.2 Å². The predicted octanol–water partition coefficient (Wildman–Crippen LogP) is 6.09. The molecule has 0 radical (unpaired) electrons. The Labute approximate surface area is 169 Å². The molecule has 1 aliphatic carbocycles. The van der Waals surface area contributed by atoms with Crippen LogP contribution in [0.4, 0.5) is 0 Å². The monoisotopic (exact) mass is 374 g/mol. The van der Waals surface area contributed by atoms with Gasteiger partial charge in [0.15, 0.2) is 0 Å². The van der Waals surface area contributed by atoms with Crippen LogP contribution in [0, 0.1) is 0 Å². The first-order valence-electron chi connectivity index (χ1n) is 10.2. The SMILES string of the molecule is CC1(C)c2cc3ccc4ccccc4c3c3c2-c2c1cc1ccccc1[n+]2CO3. The van der Waals surface area contributed by atoms with Crippen LogP contribution < -0.4 is 9.30 Å². The van der Waals surface area contributed by atoms with Crippen molar-refractivity contribution in [2.75, 3.05) is 0 Å². The standard InChI is InChI=1S/C27H20NO/c1-27(2)20-14-18-12-11-16-7-3-5-9-19(16)23(18)26-24(20)25-21(27)13-17-8-4-6-10-22(17)28(25)15-29-26/h3-14H,15H2,1-2H3/q+1. The summed E-state index contributed by atoms with van der Waals surface area (Å²) < 4.78 is 8.91. The Morgan fingerprint density at radius 2 is 1.52 bits per heavy atom. The fourth-order valence-electron chi connectivity index (χ4n) is 5.51. The first-order chi connectivity index (χ1) is 14.1. The van der Waals surface area contributed by atoms with Gasteiger partial charge in [-0.3, -0.25) is 0 Å². The molecule has 0 amide bonds. The van der Waals surface area contributed by atoms with Crippen LogP contribution in [0.15, 0.2) is 72.8 Å². The van der Waals surface area contributed by atoms with Crippen LogP contribution in [0.5, 0.6) is 5.75 Å². The van der Waals surface area contributed by atoms with Crippen molar-refractivity contribution >= 4 is 32.4 Å². The summed E-state index contributed by atoms with van der Waals surface area (Å²) in [6.07, 6.45) is 0. The van der Waals surface area contributed by atoms with Crippen molar-refractivity contribution in [3.05, 3.63) is 83.9 Å². The highest BCUT2D eigenvalue weighted by Crippen LogP contribution is 2.55. The molecular formula is C27H20NO+. The number of nitrogens with zero attached hydrogens (tertiary/aromatic N) is 1. The number of ether oxygens (including phenoxy) is 1. The summed E-state index contributed by atoms with van der Waals surface area (Å²) in [5, 5.41) is 6.30. The lowest BCUT2D eigenvalue weighted by Crippen LogP contribution is -2.42. The third kappa shape index (κ3) is 1.76. The van der Waals surface area contributed by atoms with Crippen LogP contribution in [-0.2, 0) is 12.1 Å². The van der Waals surface area contributed by atoms with Crippen molar-refractivity contribution < 1.29 is 9.30 Å². The number of hydrogen-bond acceptors (Lipinski definition) is 1. The molecule has 0 fully saturated rings. The van der Waals surface area contributed by atoms with E-state index in [4.69, 9.17) is 4.74 Å². The van der Waals surface area contributed by atoms with Gasteiger partial charge in [0.1, 0.15) is 5.75 Å². The zero-order valence-electron chi connectivity index (χ0n) is 16.5. The van der Waals surface area contributed by atoms with Gasteiger partial charge in [-0.1, -0.05) is 62.4 Å². The lowest BCUT2D eigenvalue weighted by Gasteiger charge is -2.21. The minimum absolute atomic E-state index is 0.0568. The second-order valence-corrected chi connectivity index (χ2v) is 8.80. The number of pyridine rings is 1. The van der Waals surface area contributed by atoms with Crippen LogP contribution in [0.3, 0.4) is 0 Å². The fraction of sp³-hybridized carbons (Fsp3) is 0.148. The number of aromatic nitrogens is 1. The second-order valence-electron chi connectivity index (χ2n) is 8.80. The maximum Gasteiger partial charge on any atom is 0.293 e. The van der Waals surface area contributed by atoms with Crippen molar-refractivity contribution in [2.24, 2.45) is 0 Å². The zero-order valence-corrected chi connectivity index (χ0v) is 16.5. The number of benzene rings is 4. The molecule has 2 nitrogen and oxygen atoms in total. The number of rotatable bonds is 0. The molecule has 0 atom stereocenters. The van der Waals surface area contributed by atoms with E-state index in [1.54, 1.807) is 0 Å². The molecule has 1 aliphatic heterocycles. The van der Waals surface area contributed by atoms with Gasteiger partial charge in [0.05, 0.1) is 5.56 Å². The Morgan fingerprint density at radius 1 is 0.793 bits per heavy atom. The quantitative estimate of drug-likeness (QED) is 0.236. The smallest absolute Gasteiger partial charge is 0.293 e. The van der Waals surface area contributed by atoms with Crippen LogP contribution in [0.25, 0.3) is 43.7 Å². The summed E-state index contributed by atoms with van der Waals surface area (Å²) in [7, 11) is 0. The first kappa shape index (κ1) is 15.5. The number of para-hydroxylation sites is 1. The van der Waals surface area contributed by atoms with Crippen LogP contribution in [-0.4, -0.2) is 0 Å². The van der Waals surface area contributed by atoms with E-state index in [-0.39, 0.29) is 5.41 Å². The molecule has 7 rings (SSSR count). The molecule has 138 valence electrons. The van der Waals surface area contributed by atoms with Crippen molar-refractivity contribution in [1.82, 2.24) is 0 Å². The fourth-order valence-corrected chi connectivity index (χ4v) is 5.51. The zero-order chi connectivity index (χ0) is 19.3. The van der Waals surface area contributed by atoms with E-state index in [1.165, 1.54) is 54.8 Å². The molecule has 1 aromatic heterocycles. The van der Waals surface area contributed by atoms with Crippen molar-refractivity contribution in [1.29, 1.82) is 0 Å². The molecule has 2 aliphatic rings. The average Bonchev–Trinajstić information content (AvgIpc) is 2.98. The van der Waals surface area contributed by atoms with Crippen LogP contribution >= 0.6 is 0 Å². The van der Waals surface area contributed by atoms with E-state index in [0.717, 1.165) is 5.75 Å². The third-order valence-corrected chi connectivity index (χ3v) is 6.96. The van der Waals surface area contributed by atoms with Crippen LogP contribution in [0.1, 0.15) is 25.0 Å². The van der Waals surface area contributed by atoms with Crippen molar-refractivity contribution in [2.45, 2.75) is 26.0 Å². The van der Waals surface area contributed by atoms with Crippen LogP contribution in [0.2, 0.25) is 0 Å². The summed E-state index contributed by atoms with van der Waals surface area (Å²) in [6, 6.07) is 26.5. The van der Waals surface area contributed by atoms with E-state index in [9.17, 15) is 0 Å². The molecule has 2 heterocycles. The van der Waals surface area contributed by atoms with Gasteiger partial charge in [-0.15, -0.1) is 0 Å². The molecular weight excluding hydrogens is 354 g/mol. The molecule has 4 aromatic carbocycles. The Bertz CT molecular complexity index is 1530. The molecule has 0 spiro atoms. The molecule has 0 N–H and O–H groups in total. The first-order valence-corrected chi connectivity index (χ1v) is 10.2. The minimum atomic E-state index is -0.0568. The lowest BCUT2D eigenvalue weighted by molar-refractivity contribution is -0.693. The topological polar surface area (TPSA) is 13.1 Å². The van der Waals surface area contributed by atoms with Crippen molar-refractivity contribution in [3.63, 3.8) is 0 Å². The van der Waals surface area contributed by atoms with Gasteiger partial charge in [-0.2, -0.15) is 4.57 Å². The van der Waals surface area contributed by atoms with E-state index in [1.807, 2.05) is 0 Å². The Hall–Kier alpha value is -3.39. The van der Waals surface area contributed by atoms with E-state index >= 15 is 0 Å². The minimum Gasteiger partial charge on any atom is -0.434 e. The highest BCUT2D eigenvalue weighted by molar-refractivity contribution is 6.14. The van der Waals surface area contributed by atoms with Gasteiger partial charge in [0, 0.05) is 27.8 Å². The molecule has 0 saturated heterocycles. The summed E-state index contributed by atoms with van der Waals surface area (Å²) in [4.78, 5) is 0. The number of hydrogen-bond donors (Lipinski definition) is 0. The molecule has 29 heavy (non-hydrogen) atoms. The number of fused-ring (bicyclic) bond motifs is 6. The van der Waals surface area contributed by atoms with Crippen molar-refractivity contribution in [3.8, 4) is 17.0 Å². The molecule has 0 saturated carbocycles. The second kappa shape index (κ2) is 4.96. The summed E-state index contributed by atoms with van der Waals surface area (Å²) in [5.41, 5.74) is 6.56. The lowest BCUT2D eigenvalue weighted by atomic mass is 9.81. The molecule has 0 unspecified atom stereocenters. The van der Waals surface area contributed by atoms with E-state index in [0.29, 0.717) is 6.73 Å². The highest BCUT2D eigenvalue weighted by atomic mass is 16.5. The normalized spacial score (nSPS) is 15.7. The summed E-state index contributed by atoms with van der Waals surface area (Å²) in [6.45, 7) is 5.24. The Balaban J connectivity index is 1.73. The van der Waals surface area contributed by atoms with Gasteiger partial charge in [0.2, 0.25) is 11.2 Å². The summed E-state index contributed by atoms with van der Waals surface area (Å²) in [5.74, 6) is 1.05. The molecule has 2 heteroatoms. The Morgan fingerprint density at radius 3 is 2.41 bits per heavy atom. The Kier molecular flexibility index (Phi) is 2.65. The van der Waals surface area contributed by atoms with Gasteiger partial charge in [-0.05, 0) is 39.9 Å². The molecule has 5 aromatic rings.